The van der Waals surface area contributed by atoms with Crippen LogP contribution in [0.2, 0.25) is 0 Å². The van der Waals surface area contributed by atoms with Crippen molar-refractivity contribution >= 4 is 27.3 Å². The average molecular weight is 324 g/mol. The van der Waals surface area contributed by atoms with Gasteiger partial charge < -0.3 is 5.32 Å². The van der Waals surface area contributed by atoms with E-state index in [-0.39, 0.29) is 0 Å². The van der Waals surface area contributed by atoms with Crippen molar-refractivity contribution in [3.63, 3.8) is 0 Å². The monoisotopic (exact) mass is 323 g/mol. The van der Waals surface area contributed by atoms with Crippen LogP contribution in [-0.4, -0.2) is 0 Å². The molecule has 0 spiro atoms. The van der Waals surface area contributed by atoms with Crippen LogP contribution in [-0.2, 0) is 0 Å². The van der Waals surface area contributed by atoms with Gasteiger partial charge in [0.2, 0.25) is 0 Å². The molecular weight excluding hydrogens is 306 g/mol. The Morgan fingerprint density at radius 2 is 1.89 bits per heavy atom. The average Bonchev–Trinajstić information content (AvgIpc) is 2.76. The number of thiophene rings is 1. The number of rotatable bonds is 4. The number of aryl methyl sites for hydroxylation is 1. The summed E-state index contributed by atoms with van der Waals surface area (Å²) < 4.78 is 1.17. The molecule has 3 heteroatoms. The second-order valence-electron chi connectivity index (χ2n) is 4.63. The fraction of sp³-hybridized carbons (Fsp3) is 0.333. The number of hydrogen-bond acceptors (Lipinski definition) is 2. The van der Waals surface area contributed by atoms with E-state index in [2.05, 4.69) is 77.7 Å². The zero-order valence-corrected chi connectivity index (χ0v) is 13.3. The fourth-order valence-corrected chi connectivity index (χ4v) is 3.64. The zero-order valence-electron chi connectivity index (χ0n) is 10.9. The molecule has 0 aliphatic rings. The molecule has 1 heterocycles. The van der Waals surface area contributed by atoms with Crippen LogP contribution in [0.4, 0.5) is 0 Å². The smallest absolute Gasteiger partial charge is 0.0391 e. The molecule has 1 N–H and O–H groups in total. The van der Waals surface area contributed by atoms with Crippen LogP contribution in [0, 0.1) is 6.92 Å². The molecule has 0 bridgehead atoms. The predicted octanol–water partition coefficient (Wildman–Crippen LogP) is 5.23. The lowest BCUT2D eigenvalue weighted by Gasteiger charge is -2.21. The standard InChI is InChI=1S/C15H18BrNS/c1-10-6-4-5-7-14(10)11(2)17-12(3)15-8-13(16)9-18-15/h4-9,11-12,17H,1-3H3/t11-,12?/m0/s1. The van der Waals surface area contributed by atoms with Crippen molar-refractivity contribution in [3.8, 4) is 0 Å². The molecular formula is C15H18BrNS. The van der Waals surface area contributed by atoms with Crippen LogP contribution in [0.1, 0.15) is 41.9 Å². The fourth-order valence-electron chi connectivity index (χ4n) is 2.17. The first-order valence-electron chi connectivity index (χ1n) is 6.13. The highest BCUT2D eigenvalue weighted by Gasteiger charge is 2.13. The highest BCUT2D eigenvalue weighted by atomic mass is 79.9. The van der Waals surface area contributed by atoms with Crippen LogP contribution >= 0.6 is 27.3 Å². The molecule has 2 atom stereocenters. The van der Waals surface area contributed by atoms with Gasteiger partial charge in [-0.05, 0) is 53.9 Å². The van der Waals surface area contributed by atoms with Crippen molar-refractivity contribution < 1.29 is 0 Å². The molecule has 0 aliphatic heterocycles. The summed E-state index contributed by atoms with van der Waals surface area (Å²) in [4.78, 5) is 1.36. The normalized spacial score (nSPS) is 14.4. The van der Waals surface area contributed by atoms with Gasteiger partial charge in [-0.15, -0.1) is 11.3 Å². The second-order valence-corrected chi connectivity index (χ2v) is 6.49. The van der Waals surface area contributed by atoms with E-state index in [0.29, 0.717) is 12.1 Å². The molecule has 1 aromatic carbocycles. The van der Waals surface area contributed by atoms with Crippen LogP contribution in [0.3, 0.4) is 0 Å². The molecule has 1 unspecified atom stereocenters. The largest absolute Gasteiger partial charge is 0.303 e. The van der Waals surface area contributed by atoms with Crippen molar-refractivity contribution in [2.75, 3.05) is 0 Å². The van der Waals surface area contributed by atoms with Crippen LogP contribution < -0.4 is 5.32 Å². The van der Waals surface area contributed by atoms with Crippen LogP contribution in [0.15, 0.2) is 40.2 Å². The van der Waals surface area contributed by atoms with Gasteiger partial charge >= 0.3 is 0 Å². The predicted molar refractivity (Wildman–Crippen MR) is 83.2 cm³/mol. The molecule has 0 amide bonds. The number of hydrogen-bond donors (Lipinski definition) is 1. The Bertz CT molecular complexity index is 521. The quantitative estimate of drug-likeness (QED) is 0.812. The Balaban J connectivity index is 2.08. The molecule has 1 nitrogen and oxygen atoms in total. The third kappa shape index (κ3) is 3.22. The van der Waals surface area contributed by atoms with Crippen molar-refractivity contribution in [3.05, 3.63) is 56.2 Å². The van der Waals surface area contributed by atoms with Crippen molar-refractivity contribution in [1.29, 1.82) is 0 Å². The van der Waals surface area contributed by atoms with Gasteiger partial charge in [0, 0.05) is 26.8 Å². The summed E-state index contributed by atoms with van der Waals surface area (Å²) in [5, 5.41) is 5.79. The summed E-state index contributed by atoms with van der Waals surface area (Å²) in [5.74, 6) is 0. The highest BCUT2D eigenvalue weighted by molar-refractivity contribution is 9.10. The number of benzene rings is 1. The van der Waals surface area contributed by atoms with Gasteiger partial charge in [-0.1, -0.05) is 24.3 Å². The topological polar surface area (TPSA) is 12.0 Å². The second kappa shape index (κ2) is 6.00. The van der Waals surface area contributed by atoms with Gasteiger partial charge in [0.05, 0.1) is 0 Å². The Morgan fingerprint density at radius 3 is 2.50 bits per heavy atom. The van der Waals surface area contributed by atoms with E-state index in [1.807, 2.05) is 0 Å². The molecule has 0 saturated heterocycles. The molecule has 0 aliphatic carbocycles. The maximum atomic E-state index is 3.66. The number of nitrogens with one attached hydrogen (secondary N) is 1. The first kappa shape index (κ1) is 13.8. The van der Waals surface area contributed by atoms with Crippen LogP contribution in [0.5, 0.6) is 0 Å². The third-order valence-electron chi connectivity index (χ3n) is 3.17. The molecule has 1 aromatic heterocycles. The Hall–Kier alpha value is -0.640. The van der Waals surface area contributed by atoms with Gasteiger partial charge in [0.25, 0.3) is 0 Å². The summed E-state index contributed by atoms with van der Waals surface area (Å²) in [6.07, 6.45) is 0. The molecule has 2 rings (SSSR count). The van der Waals surface area contributed by atoms with E-state index in [1.165, 1.54) is 20.5 Å². The lowest BCUT2D eigenvalue weighted by molar-refractivity contribution is 0.498. The first-order valence-corrected chi connectivity index (χ1v) is 7.80. The molecule has 96 valence electrons. The van der Waals surface area contributed by atoms with Crippen LogP contribution in [0.25, 0.3) is 0 Å². The molecule has 0 saturated carbocycles. The third-order valence-corrected chi connectivity index (χ3v) is 5.05. The minimum Gasteiger partial charge on any atom is -0.303 e. The molecule has 18 heavy (non-hydrogen) atoms. The minimum absolute atomic E-state index is 0.363. The Morgan fingerprint density at radius 1 is 1.17 bits per heavy atom. The van der Waals surface area contributed by atoms with E-state index < -0.39 is 0 Å². The van der Waals surface area contributed by atoms with Gasteiger partial charge in [0.1, 0.15) is 0 Å². The van der Waals surface area contributed by atoms with Gasteiger partial charge in [-0.3, -0.25) is 0 Å². The first-order chi connectivity index (χ1) is 8.58. The maximum Gasteiger partial charge on any atom is 0.0391 e. The van der Waals surface area contributed by atoms with Gasteiger partial charge in [-0.2, -0.15) is 0 Å². The zero-order chi connectivity index (χ0) is 13.1. The lowest BCUT2D eigenvalue weighted by atomic mass is 10.0. The molecule has 0 fully saturated rings. The SMILES string of the molecule is Cc1ccccc1[C@H](C)NC(C)c1cc(Br)cs1. The highest BCUT2D eigenvalue weighted by Crippen LogP contribution is 2.27. The number of halogens is 1. The summed E-state index contributed by atoms with van der Waals surface area (Å²) in [5.41, 5.74) is 2.72. The molecule has 2 aromatic rings. The lowest BCUT2D eigenvalue weighted by Crippen LogP contribution is -2.22. The summed E-state index contributed by atoms with van der Waals surface area (Å²) in [7, 11) is 0. The van der Waals surface area contributed by atoms with E-state index in [9.17, 15) is 0 Å². The summed E-state index contributed by atoms with van der Waals surface area (Å²) in [6, 6.07) is 11.5. The Labute approximate surface area is 121 Å². The van der Waals surface area contributed by atoms with E-state index in [4.69, 9.17) is 0 Å². The maximum absolute atomic E-state index is 3.66. The molecule has 0 radical (unpaired) electrons. The Kier molecular flexibility index (Phi) is 4.60. The van der Waals surface area contributed by atoms with E-state index in [0.717, 1.165) is 0 Å². The van der Waals surface area contributed by atoms with E-state index >= 15 is 0 Å². The summed E-state index contributed by atoms with van der Waals surface area (Å²) in [6.45, 7) is 6.61. The minimum atomic E-state index is 0.363. The van der Waals surface area contributed by atoms with Gasteiger partial charge in [-0.25, -0.2) is 0 Å². The summed E-state index contributed by atoms with van der Waals surface area (Å²) >= 11 is 5.30. The van der Waals surface area contributed by atoms with Crippen molar-refractivity contribution in [2.45, 2.75) is 32.9 Å². The van der Waals surface area contributed by atoms with Crippen molar-refractivity contribution in [2.24, 2.45) is 0 Å². The van der Waals surface area contributed by atoms with E-state index in [1.54, 1.807) is 11.3 Å². The van der Waals surface area contributed by atoms with Gasteiger partial charge in [0.15, 0.2) is 0 Å². The van der Waals surface area contributed by atoms with Crippen molar-refractivity contribution in [1.82, 2.24) is 5.32 Å².